The van der Waals surface area contributed by atoms with Gasteiger partial charge in [-0.1, -0.05) is 6.08 Å². The van der Waals surface area contributed by atoms with Crippen LogP contribution in [0.15, 0.2) is 12.7 Å². The van der Waals surface area contributed by atoms with E-state index in [1.54, 1.807) is 13.8 Å². The molecule has 0 spiro atoms. The van der Waals surface area contributed by atoms with Crippen LogP contribution in [-0.4, -0.2) is 36.4 Å². The maximum Gasteiger partial charge on any atom is 0.336 e. The Hall–Kier alpha value is -1.36. The second kappa shape index (κ2) is 7.06. The molecule has 5 heteroatoms. The molecule has 0 aromatic carbocycles. The van der Waals surface area contributed by atoms with Gasteiger partial charge in [-0.15, -0.1) is 6.58 Å². The summed E-state index contributed by atoms with van der Waals surface area (Å²) in [6, 6.07) is 0. The Morgan fingerprint density at radius 2 is 1.88 bits per heavy atom. The minimum Gasteiger partial charge on any atom is -0.465 e. The van der Waals surface area contributed by atoms with Crippen LogP contribution in [0.2, 0.25) is 0 Å². The summed E-state index contributed by atoms with van der Waals surface area (Å²) in [7, 11) is 0. The lowest BCUT2D eigenvalue weighted by molar-refractivity contribution is -0.175. The normalized spacial score (nSPS) is 15.5. The third kappa shape index (κ3) is 3.85. The number of allylic oxidation sites excluding steroid dienone is 1. The quantitative estimate of drug-likeness (QED) is 0.535. The van der Waals surface area contributed by atoms with E-state index < -0.39 is 23.5 Å². The number of ether oxygens (including phenoxy) is 2. The Balaban J connectivity index is 4.97. The van der Waals surface area contributed by atoms with E-state index in [1.807, 2.05) is 0 Å². The lowest BCUT2D eigenvalue weighted by Gasteiger charge is -2.29. The first-order valence-corrected chi connectivity index (χ1v) is 5.56. The van der Waals surface area contributed by atoms with Gasteiger partial charge in [0.05, 0.1) is 13.2 Å². The Bertz CT molecular complexity index is 287. The molecular weight excluding hydrogens is 224 g/mol. The van der Waals surface area contributed by atoms with Gasteiger partial charge in [0.2, 0.25) is 0 Å². The monoisotopic (exact) mass is 244 g/mol. The molecule has 0 aliphatic rings. The number of aliphatic hydroxyl groups excluding tert-OH is 1. The molecular formula is C12H20O5. The molecule has 5 nitrogen and oxygen atoms in total. The topological polar surface area (TPSA) is 72.8 Å². The van der Waals surface area contributed by atoms with Gasteiger partial charge in [-0.05, 0) is 27.2 Å². The highest BCUT2D eigenvalue weighted by Crippen LogP contribution is 2.29. The molecule has 0 amide bonds. The third-order valence-electron chi connectivity index (χ3n) is 2.42. The third-order valence-corrected chi connectivity index (χ3v) is 2.42. The fourth-order valence-corrected chi connectivity index (χ4v) is 1.38. The van der Waals surface area contributed by atoms with Gasteiger partial charge in [-0.25, -0.2) is 4.79 Å². The van der Waals surface area contributed by atoms with Crippen molar-refractivity contribution in [2.75, 3.05) is 13.2 Å². The van der Waals surface area contributed by atoms with Gasteiger partial charge < -0.3 is 14.6 Å². The second-order valence-electron chi connectivity index (χ2n) is 3.79. The largest absolute Gasteiger partial charge is 0.465 e. The van der Waals surface area contributed by atoms with Gasteiger partial charge in [-0.3, -0.25) is 4.79 Å². The predicted octanol–water partition coefficient (Wildman–Crippen LogP) is 1.06. The van der Waals surface area contributed by atoms with Gasteiger partial charge in [0.1, 0.15) is 5.41 Å². The van der Waals surface area contributed by atoms with E-state index in [0.29, 0.717) is 0 Å². The molecule has 1 N–H and O–H groups in total. The van der Waals surface area contributed by atoms with Crippen molar-refractivity contribution in [1.82, 2.24) is 0 Å². The molecule has 1 unspecified atom stereocenters. The Morgan fingerprint density at radius 1 is 1.35 bits per heavy atom. The van der Waals surface area contributed by atoms with E-state index in [2.05, 4.69) is 6.58 Å². The fourth-order valence-electron chi connectivity index (χ4n) is 1.38. The summed E-state index contributed by atoms with van der Waals surface area (Å²) in [5.74, 6) is -1.47. The number of aliphatic hydroxyl groups is 1. The van der Waals surface area contributed by atoms with Crippen LogP contribution in [0.5, 0.6) is 0 Å². The number of rotatable bonds is 7. The molecule has 0 rings (SSSR count). The summed E-state index contributed by atoms with van der Waals surface area (Å²) in [4.78, 5) is 23.2. The summed E-state index contributed by atoms with van der Waals surface area (Å²) in [6.45, 7) is 8.56. The van der Waals surface area contributed by atoms with E-state index in [0.717, 1.165) is 0 Å². The van der Waals surface area contributed by atoms with E-state index in [4.69, 9.17) is 9.47 Å². The first-order valence-electron chi connectivity index (χ1n) is 5.56. The number of hydrogen-bond acceptors (Lipinski definition) is 5. The van der Waals surface area contributed by atoms with Gasteiger partial charge in [0, 0.05) is 0 Å². The Kier molecular flexibility index (Phi) is 6.50. The van der Waals surface area contributed by atoms with Crippen molar-refractivity contribution >= 4 is 11.9 Å². The van der Waals surface area contributed by atoms with Gasteiger partial charge in [0.25, 0.3) is 0 Å². The molecule has 0 heterocycles. The lowest BCUT2D eigenvalue weighted by Crippen LogP contribution is -2.46. The molecule has 2 atom stereocenters. The summed E-state index contributed by atoms with van der Waals surface area (Å²) in [6.07, 6.45) is 0.0325. The SMILES string of the molecule is C=CCC(C)(C(=O)OCC)[C@H](O)C(=O)OCC. The first-order chi connectivity index (χ1) is 7.93. The zero-order valence-electron chi connectivity index (χ0n) is 10.6. The van der Waals surface area contributed by atoms with Crippen LogP contribution in [0, 0.1) is 5.41 Å². The molecule has 98 valence electrons. The van der Waals surface area contributed by atoms with Crippen LogP contribution >= 0.6 is 0 Å². The number of esters is 2. The van der Waals surface area contributed by atoms with Crippen LogP contribution in [-0.2, 0) is 19.1 Å². The number of carbonyl (C=O) groups is 2. The second-order valence-corrected chi connectivity index (χ2v) is 3.79. The summed E-state index contributed by atoms with van der Waals surface area (Å²) in [5, 5.41) is 9.87. The van der Waals surface area contributed by atoms with Crippen LogP contribution in [0.25, 0.3) is 0 Å². The lowest BCUT2D eigenvalue weighted by atomic mass is 9.81. The van der Waals surface area contributed by atoms with E-state index in [-0.39, 0.29) is 19.6 Å². The highest BCUT2D eigenvalue weighted by molar-refractivity contribution is 5.86. The average molecular weight is 244 g/mol. The highest BCUT2D eigenvalue weighted by atomic mass is 16.6. The summed E-state index contributed by atoms with van der Waals surface area (Å²) < 4.78 is 9.55. The van der Waals surface area contributed by atoms with E-state index in [1.165, 1.54) is 13.0 Å². The maximum atomic E-state index is 11.8. The molecule has 0 aromatic rings. The summed E-state index contributed by atoms with van der Waals surface area (Å²) in [5.41, 5.74) is -1.36. The average Bonchev–Trinajstić information content (AvgIpc) is 2.28. The standard InChI is InChI=1S/C12H20O5/c1-5-8-12(4,11(15)17-7-3)9(13)10(14)16-6-2/h5,9,13H,1,6-8H2,2-4H3/t9-,12?/m1/s1. The van der Waals surface area contributed by atoms with Crippen molar-refractivity contribution in [2.45, 2.75) is 33.3 Å². The smallest absolute Gasteiger partial charge is 0.336 e. The first kappa shape index (κ1) is 15.6. The van der Waals surface area contributed by atoms with Crippen LogP contribution in [0.4, 0.5) is 0 Å². The minimum atomic E-state index is -1.56. The van der Waals surface area contributed by atoms with Crippen LogP contribution < -0.4 is 0 Å². The van der Waals surface area contributed by atoms with E-state index >= 15 is 0 Å². The zero-order chi connectivity index (χ0) is 13.5. The van der Waals surface area contributed by atoms with Crippen LogP contribution in [0.3, 0.4) is 0 Å². The maximum absolute atomic E-state index is 11.8. The zero-order valence-corrected chi connectivity index (χ0v) is 10.6. The molecule has 0 bridgehead atoms. The van der Waals surface area contributed by atoms with Crippen molar-refractivity contribution in [3.8, 4) is 0 Å². The minimum absolute atomic E-state index is 0.131. The Morgan fingerprint density at radius 3 is 2.29 bits per heavy atom. The summed E-state index contributed by atoms with van der Waals surface area (Å²) >= 11 is 0. The number of hydrogen-bond donors (Lipinski definition) is 1. The van der Waals surface area contributed by atoms with Crippen molar-refractivity contribution in [3.63, 3.8) is 0 Å². The van der Waals surface area contributed by atoms with Gasteiger partial charge in [0.15, 0.2) is 6.10 Å². The van der Waals surface area contributed by atoms with Crippen molar-refractivity contribution in [2.24, 2.45) is 5.41 Å². The van der Waals surface area contributed by atoms with Crippen molar-refractivity contribution in [1.29, 1.82) is 0 Å². The highest BCUT2D eigenvalue weighted by Gasteiger charge is 2.45. The van der Waals surface area contributed by atoms with Crippen molar-refractivity contribution in [3.05, 3.63) is 12.7 Å². The molecule has 0 aliphatic heterocycles. The molecule has 0 radical (unpaired) electrons. The number of carbonyl (C=O) groups excluding carboxylic acids is 2. The van der Waals surface area contributed by atoms with Crippen LogP contribution in [0.1, 0.15) is 27.2 Å². The molecule has 0 saturated carbocycles. The molecule has 0 aliphatic carbocycles. The molecule has 17 heavy (non-hydrogen) atoms. The molecule has 0 saturated heterocycles. The fraction of sp³-hybridized carbons (Fsp3) is 0.667. The molecule has 0 fully saturated rings. The van der Waals surface area contributed by atoms with E-state index in [9.17, 15) is 14.7 Å². The van der Waals surface area contributed by atoms with Gasteiger partial charge in [-0.2, -0.15) is 0 Å². The predicted molar refractivity (Wildman–Crippen MR) is 62.2 cm³/mol. The van der Waals surface area contributed by atoms with Crippen molar-refractivity contribution < 1.29 is 24.2 Å². The molecule has 0 aromatic heterocycles. The Labute approximate surface area is 101 Å². The van der Waals surface area contributed by atoms with Gasteiger partial charge >= 0.3 is 11.9 Å².